The van der Waals surface area contributed by atoms with Crippen molar-refractivity contribution in [3.63, 3.8) is 0 Å². The zero-order chi connectivity index (χ0) is 13.4. The van der Waals surface area contributed by atoms with Crippen LogP contribution in [0.15, 0.2) is 10.6 Å². The van der Waals surface area contributed by atoms with Crippen LogP contribution in [0.3, 0.4) is 0 Å². The minimum absolute atomic E-state index is 0.355. The van der Waals surface area contributed by atoms with E-state index < -0.39 is 0 Å². The van der Waals surface area contributed by atoms with Crippen LogP contribution in [0.25, 0.3) is 0 Å². The topological polar surface area (TPSA) is 47.3 Å². The minimum Gasteiger partial charge on any atom is -0.443 e. The van der Waals surface area contributed by atoms with Gasteiger partial charge >= 0.3 is 0 Å². The number of methoxy groups -OCH3 is 1. The standard InChI is InChI=1S/C14H26N2O2/c1-5-9-15-10-7-8-13-16-11-12(18-13)14(3,6-2)17-4/h11,15H,5-10H2,1-4H3. The zero-order valence-corrected chi connectivity index (χ0v) is 12.1. The first-order valence-electron chi connectivity index (χ1n) is 6.87. The highest BCUT2D eigenvalue weighted by molar-refractivity contribution is 5.05. The van der Waals surface area contributed by atoms with Crippen molar-refractivity contribution in [3.05, 3.63) is 17.8 Å². The number of aromatic nitrogens is 1. The van der Waals surface area contributed by atoms with Crippen molar-refractivity contribution in [2.75, 3.05) is 20.2 Å². The first-order chi connectivity index (χ1) is 8.66. The number of nitrogens with zero attached hydrogens (tertiary/aromatic N) is 1. The van der Waals surface area contributed by atoms with Crippen molar-refractivity contribution >= 4 is 0 Å². The van der Waals surface area contributed by atoms with Crippen molar-refractivity contribution in [2.45, 2.75) is 52.1 Å². The van der Waals surface area contributed by atoms with Gasteiger partial charge in [-0.05, 0) is 39.3 Å². The fraction of sp³-hybridized carbons (Fsp3) is 0.786. The van der Waals surface area contributed by atoms with E-state index in [1.165, 1.54) is 6.42 Å². The minimum atomic E-state index is -0.355. The Hall–Kier alpha value is -0.870. The van der Waals surface area contributed by atoms with E-state index >= 15 is 0 Å². The molecule has 1 unspecified atom stereocenters. The molecule has 1 aromatic heterocycles. The summed E-state index contributed by atoms with van der Waals surface area (Å²) in [5.74, 6) is 1.63. The Morgan fingerprint density at radius 1 is 1.39 bits per heavy atom. The summed E-state index contributed by atoms with van der Waals surface area (Å²) in [4.78, 5) is 4.32. The fourth-order valence-electron chi connectivity index (χ4n) is 1.76. The molecule has 1 aromatic rings. The molecule has 4 heteroatoms. The molecule has 0 saturated heterocycles. The largest absolute Gasteiger partial charge is 0.443 e. The van der Waals surface area contributed by atoms with Crippen LogP contribution in [-0.2, 0) is 16.8 Å². The van der Waals surface area contributed by atoms with E-state index in [0.717, 1.165) is 44.0 Å². The number of ether oxygens (including phenoxy) is 1. The van der Waals surface area contributed by atoms with E-state index in [9.17, 15) is 0 Å². The molecule has 0 aliphatic heterocycles. The average molecular weight is 254 g/mol. The predicted octanol–water partition coefficient (Wildman–Crippen LogP) is 2.88. The van der Waals surface area contributed by atoms with Gasteiger partial charge in [-0.1, -0.05) is 13.8 Å². The normalized spacial score (nSPS) is 14.7. The van der Waals surface area contributed by atoms with Gasteiger partial charge in [0, 0.05) is 13.5 Å². The molecule has 0 aromatic carbocycles. The van der Waals surface area contributed by atoms with Gasteiger partial charge in [0.15, 0.2) is 11.7 Å². The van der Waals surface area contributed by atoms with Gasteiger partial charge in [0.25, 0.3) is 0 Å². The van der Waals surface area contributed by atoms with Crippen molar-refractivity contribution in [3.8, 4) is 0 Å². The second-order valence-corrected chi connectivity index (χ2v) is 4.76. The number of nitrogens with one attached hydrogen (secondary N) is 1. The van der Waals surface area contributed by atoms with Crippen LogP contribution in [0.1, 0.15) is 51.7 Å². The Morgan fingerprint density at radius 2 is 2.17 bits per heavy atom. The Labute approximate surface area is 110 Å². The van der Waals surface area contributed by atoms with Crippen LogP contribution in [0.5, 0.6) is 0 Å². The van der Waals surface area contributed by atoms with Gasteiger partial charge in [0.05, 0.1) is 6.20 Å². The first kappa shape index (κ1) is 15.2. The van der Waals surface area contributed by atoms with Crippen molar-refractivity contribution in [2.24, 2.45) is 0 Å². The maximum Gasteiger partial charge on any atom is 0.194 e. The molecular weight excluding hydrogens is 228 g/mol. The summed E-state index contributed by atoms with van der Waals surface area (Å²) < 4.78 is 11.3. The van der Waals surface area contributed by atoms with Crippen LogP contribution in [-0.4, -0.2) is 25.2 Å². The highest BCUT2D eigenvalue weighted by atomic mass is 16.5. The molecule has 1 heterocycles. The predicted molar refractivity (Wildman–Crippen MR) is 72.6 cm³/mol. The molecule has 1 N–H and O–H groups in total. The van der Waals surface area contributed by atoms with Crippen molar-refractivity contribution < 1.29 is 9.15 Å². The number of oxazole rings is 1. The molecule has 104 valence electrons. The molecule has 0 saturated carbocycles. The highest BCUT2D eigenvalue weighted by Gasteiger charge is 2.28. The van der Waals surface area contributed by atoms with Gasteiger partial charge in [-0.2, -0.15) is 0 Å². The SMILES string of the molecule is CCCNCCCc1ncc(C(C)(CC)OC)o1. The second kappa shape index (κ2) is 7.54. The monoisotopic (exact) mass is 254 g/mol. The quantitative estimate of drug-likeness (QED) is 0.688. The first-order valence-corrected chi connectivity index (χ1v) is 6.87. The van der Waals surface area contributed by atoms with E-state index in [1.54, 1.807) is 13.3 Å². The molecule has 18 heavy (non-hydrogen) atoms. The van der Waals surface area contributed by atoms with Crippen molar-refractivity contribution in [1.82, 2.24) is 10.3 Å². The highest BCUT2D eigenvalue weighted by Crippen LogP contribution is 2.28. The summed E-state index contributed by atoms with van der Waals surface area (Å²) in [6, 6.07) is 0. The van der Waals surface area contributed by atoms with Crippen molar-refractivity contribution in [1.29, 1.82) is 0 Å². The van der Waals surface area contributed by atoms with E-state index in [4.69, 9.17) is 9.15 Å². The summed E-state index contributed by atoms with van der Waals surface area (Å²) in [7, 11) is 1.71. The smallest absolute Gasteiger partial charge is 0.194 e. The zero-order valence-electron chi connectivity index (χ0n) is 12.1. The van der Waals surface area contributed by atoms with Crippen LogP contribution < -0.4 is 5.32 Å². The number of rotatable bonds is 9. The third kappa shape index (κ3) is 4.10. The molecule has 4 nitrogen and oxygen atoms in total. The van der Waals surface area contributed by atoms with Gasteiger partial charge in [0.2, 0.25) is 0 Å². The van der Waals surface area contributed by atoms with Gasteiger partial charge in [-0.25, -0.2) is 4.98 Å². The molecule has 0 spiro atoms. The lowest BCUT2D eigenvalue weighted by atomic mass is 10.0. The Kier molecular flexibility index (Phi) is 6.36. The molecule has 1 rings (SSSR count). The van der Waals surface area contributed by atoms with Gasteiger partial charge < -0.3 is 14.5 Å². The molecule has 0 radical (unpaired) electrons. The van der Waals surface area contributed by atoms with E-state index in [2.05, 4.69) is 24.1 Å². The molecule has 1 atom stereocenters. The Morgan fingerprint density at radius 3 is 2.78 bits per heavy atom. The van der Waals surface area contributed by atoms with E-state index in [-0.39, 0.29) is 5.60 Å². The summed E-state index contributed by atoms with van der Waals surface area (Å²) in [5.41, 5.74) is -0.355. The summed E-state index contributed by atoms with van der Waals surface area (Å²) in [6.45, 7) is 8.37. The molecule has 0 aliphatic carbocycles. The van der Waals surface area contributed by atoms with Gasteiger partial charge in [-0.15, -0.1) is 0 Å². The van der Waals surface area contributed by atoms with Crippen LogP contribution in [0, 0.1) is 0 Å². The van der Waals surface area contributed by atoms with E-state index in [0.29, 0.717) is 0 Å². The maximum absolute atomic E-state index is 5.77. The van der Waals surface area contributed by atoms with E-state index in [1.807, 2.05) is 6.92 Å². The summed E-state index contributed by atoms with van der Waals surface area (Å²) >= 11 is 0. The third-order valence-electron chi connectivity index (χ3n) is 3.37. The lowest BCUT2D eigenvalue weighted by Crippen LogP contribution is -2.22. The van der Waals surface area contributed by atoms with Gasteiger partial charge in [-0.3, -0.25) is 0 Å². The Balaban J connectivity index is 2.43. The molecule has 0 aliphatic rings. The average Bonchev–Trinajstić information content (AvgIpc) is 2.87. The maximum atomic E-state index is 5.77. The number of aryl methyl sites for hydroxylation is 1. The third-order valence-corrected chi connectivity index (χ3v) is 3.37. The molecular formula is C14H26N2O2. The fourth-order valence-corrected chi connectivity index (χ4v) is 1.76. The van der Waals surface area contributed by atoms with Crippen LogP contribution >= 0.6 is 0 Å². The number of hydrogen-bond acceptors (Lipinski definition) is 4. The second-order valence-electron chi connectivity index (χ2n) is 4.76. The summed E-state index contributed by atoms with van der Waals surface area (Å²) in [6.07, 6.45) is 5.76. The van der Waals surface area contributed by atoms with Crippen LogP contribution in [0.2, 0.25) is 0 Å². The Bertz CT molecular complexity index is 332. The summed E-state index contributed by atoms with van der Waals surface area (Å²) in [5, 5.41) is 3.37. The molecule has 0 bridgehead atoms. The molecule has 0 fully saturated rings. The lowest BCUT2D eigenvalue weighted by molar-refractivity contribution is -0.0197. The molecule has 0 amide bonds. The number of hydrogen-bond donors (Lipinski definition) is 1. The van der Waals surface area contributed by atoms with Gasteiger partial charge in [0.1, 0.15) is 5.60 Å². The lowest BCUT2D eigenvalue weighted by Gasteiger charge is -2.23. The van der Waals surface area contributed by atoms with Crippen LogP contribution in [0.4, 0.5) is 0 Å².